The summed E-state index contributed by atoms with van der Waals surface area (Å²) in [6.07, 6.45) is 2.53. The molecule has 0 fully saturated rings. The molecule has 3 N–H and O–H groups in total. The molecule has 0 saturated carbocycles. The van der Waals surface area contributed by atoms with Crippen LogP contribution < -0.4 is 10.5 Å². The summed E-state index contributed by atoms with van der Waals surface area (Å²) in [4.78, 5) is 7.11. The van der Waals surface area contributed by atoms with Crippen LogP contribution in [0.15, 0.2) is 34.0 Å². The van der Waals surface area contributed by atoms with Gasteiger partial charge in [-0.25, -0.2) is 22.8 Å². The van der Waals surface area contributed by atoms with E-state index in [1.807, 2.05) is 0 Å². The molecule has 106 valence electrons. The molecule has 2 rings (SSSR count). The second kappa shape index (κ2) is 5.33. The van der Waals surface area contributed by atoms with E-state index >= 15 is 0 Å². The van der Waals surface area contributed by atoms with E-state index in [1.165, 1.54) is 25.4 Å². The van der Waals surface area contributed by atoms with E-state index in [0.717, 1.165) is 6.07 Å². The minimum absolute atomic E-state index is 0.0207. The van der Waals surface area contributed by atoms with Gasteiger partial charge in [-0.2, -0.15) is 0 Å². The number of nitrogens with zero attached hydrogens (tertiary/aromatic N) is 2. The third-order valence-corrected chi connectivity index (χ3v) is 4.16. The quantitative estimate of drug-likeness (QED) is 0.816. The summed E-state index contributed by atoms with van der Waals surface area (Å²) in [6.45, 7) is 1.43. The monoisotopic (exact) mass is 360 g/mol. The van der Waals surface area contributed by atoms with Gasteiger partial charge in [-0.3, -0.25) is 4.72 Å². The van der Waals surface area contributed by atoms with Crippen molar-refractivity contribution < 1.29 is 12.8 Å². The molecular weight excluding hydrogens is 351 g/mol. The minimum atomic E-state index is -4.12. The number of aryl methyl sites for hydroxylation is 1. The first-order valence-corrected chi connectivity index (χ1v) is 7.63. The molecule has 0 spiro atoms. The van der Waals surface area contributed by atoms with Crippen LogP contribution in [0, 0.1) is 12.7 Å². The Balaban J connectivity index is 2.43. The number of benzene rings is 1. The van der Waals surface area contributed by atoms with Gasteiger partial charge in [0.15, 0.2) is 5.82 Å². The number of anilines is 2. The summed E-state index contributed by atoms with van der Waals surface area (Å²) < 4.78 is 40.8. The highest BCUT2D eigenvalue weighted by Crippen LogP contribution is 2.23. The molecule has 6 nitrogen and oxygen atoms in total. The van der Waals surface area contributed by atoms with Crippen LogP contribution in [0.1, 0.15) is 5.56 Å². The Labute approximate surface area is 123 Å². The van der Waals surface area contributed by atoms with E-state index in [2.05, 4.69) is 30.6 Å². The summed E-state index contributed by atoms with van der Waals surface area (Å²) in [7, 11) is -4.12. The van der Waals surface area contributed by atoms with Crippen molar-refractivity contribution in [2.45, 2.75) is 11.8 Å². The molecule has 0 bridgehead atoms. The van der Waals surface area contributed by atoms with Crippen molar-refractivity contribution in [1.82, 2.24) is 9.97 Å². The van der Waals surface area contributed by atoms with Gasteiger partial charge < -0.3 is 5.73 Å². The maximum absolute atomic E-state index is 13.9. The van der Waals surface area contributed by atoms with Crippen molar-refractivity contribution in [3.05, 3.63) is 40.5 Å². The SMILES string of the molecule is Cc1cc(N)cc(S(=O)(=O)Nc2cnc(Br)cn2)c1F. The number of sulfonamides is 1. The smallest absolute Gasteiger partial charge is 0.266 e. The van der Waals surface area contributed by atoms with Crippen LogP contribution in [0.3, 0.4) is 0 Å². The second-order valence-electron chi connectivity index (χ2n) is 3.98. The van der Waals surface area contributed by atoms with E-state index in [4.69, 9.17) is 5.73 Å². The van der Waals surface area contributed by atoms with Crippen molar-refractivity contribution in [3.63, 3.8) is 0 Å². The first-order chi connectivity index (χ1) is 9.29. The van der Waals surface area contributed by atoms with Crippen molar-refractivity contribution in [1.29, 1.82) is 0 Å². The Kier molecular flexibility index (Phi) is 3.91. The topological polar surface area (TPSA) is 98.0 Å². The van der Waals surface area contributed by atoms with Crippen molar-refractivity contribution in [2.75, 3.05) is 10.5 Å². The molecule has 2 aromatic rings. The summed E-state index contributed by atoms with van der Waals surface area (Å²) in [5.74, 6) is -0.871. The summed E-state index contributed by atoms with van der Waals surface area (Å²) in [5.41, 5.74) is 5.85. The molecule has 0 aliphatic heterocycles. The maximum atomic E-state index is 13.9. The number of hydrogen-bond acceptors (Lipinski definition) is 5. The largest absolute Gasteiger partial charge is 0.399 e. The molecule has 1 aromatic carbocycles. The Bertz CT molecular complexity index is 750. The first-order valence-electron chi connectivity index (χ1n) is 5.35. The molecule has 0 radical (unpaired) electrons. The van der Waals surface area contributed by atoms with Crippen molar-refractivity contribution in [3.8, 4) is 0 Å². The highest BCUT2D eigenvalue weighted by molar-refractivity contribution is 9.10. The Morgan fingerprint density at radius 3 is 2.60 bits per heavy atom. The molecule has 0 saturated heterocycles. The average Bonchev–Trinajstić information content (AvgIpc) is 2.36. The Morgan fingerprint density at radius 1 is 1.30 bits per heavy atom. The number of aromatic nitrogens is 2. The molecule has 0 amide bonds. The van der Waals surface area contributed by atoms with E-state index in [0.29, 0.717) is 4.60 Å². The standard InChI is InChI=1S/C11H10BrFN4O2S/c1-6-2-7(14)3-8(11(6)13)20(18,19)17-10-5-15-9(12)4-16-10/h2-5H,14H2,1H3,(H,16,17). The number of nitrogens with two attached hydrogens (primary N) is 1. The van der Waals surface area contributed by atoms with Gasteiger partial charge in [0, 0.05) is 5.69 Å². The summed E-state index contributed by atoms with van der Waals surface area (Å²) >= 11 is 3.07. The van der Waals surface area contributed by atoms with Crippen LogP contribution in [0.4, 0.5) is 15.9 Å². The lowest BCUT2D eigenvalue weighted by atomic mass is 10.2. The lowest BCUT2D eigenvalue weighted by molar-refractivity contribution is 0.565. The highest BCUT2D eigenvalue weighted by Gasteiger charge is 2.22. The van der Waals surface area contributed by atoms with Gasteiger partial charge >= 0.3 is 0 Å². The predicted molar refractivity (Wildman–Crippen MR) is 76.1 cm³/mol. The van der Waals surface area contributed by atoms with Gasteiger partial charge in [0.1, 0.15) is 15.3 Å². The molecule has 0 aliphatic rings. The van der Waals surface area contributed by atoms with Crippen LogP contribution in [-0.4, -0.2) is 18.4 Å². The number of nitrogen functional groups attached to an aromatic ring is 1. The van der Waals surface area contributed by atoms with Crippen LogP contribution >= 0.6 is 15.9 Å². The number of hydrogen-bond donors (Lipinski definition) is 2. The van der Waals surface area contributed by atoms with Crippen LogP contribution in [0.25, 0.3) is 0 Å². The third kappa shape index (κ3) is 3.05. The fourth-order valence-corrected chi connectivity index (χ4v) is 2.90. The lowest BCUT2D eigenvalue weighted by Crippen LogP contribution is -2.16. The van der Waals surface area contributed by atoms with Gasteiger partial charge in [-0.05, 0) is 40.5 Å². The summed E-state index contributed by atoms with van der Waals surface area (Å²) in [6, 6.07) is 2.41. The number of halogens is 2. The van der Waals surface area contributed by atoms with E-state index in [-0.39, 0.29) is 17.1 Å². The van der Waals surface area contributed by atoms with Gasteiger partial charge in [-0.15, -0.1) is 0 Å². The predicted octanol–water partition coefficient (Wildman–Crippen LogP) is 2.07. The van der Waals surface area contributed by atoms with Crippen molar-refractivity contribution >= 4 is 37.5 Å². The first kappa shape index (κ1) is 14.7. The van der Waals surface area contributed by atoms with Gasteiger partial charge in [0.2, 0.25) is 0 Å². The summed E-state index contributed by atoms with van der Waals surface area (Å²) in [5, 5.41) is 0. The lowest BCUT2D eigenvalue weighted by Gasteiger charge is -2.10. The second-order valence-corrected chi connectivity index (χ2v) is 6.44. The molecule has 0 atom stereocenters. The molecule has 1 heterocycles. The number of rotatable bonds is 3. The van der Waals surface area contributed by atoms with E-state index < -0.39 is 20.7 Å². The van der Waals surface area contributed by atoms with Gasteiger partial charge in [0.05, 0.1) is 12.4 Å². The van der Waals surface area contributed by atoms with E-state index in [9.17, 15) is 12.8 Å². The minimum Gasteiger partial charge on any atom is -0.399 e. The van der Waals surface area contributed by atoms with Crippen LogP contribution in [0.5, 0.6) is 0 Å². The normalized spacial score (nSPS) is 11.3. The fourth-order valence-electron chi connectivity index (χ4n) is 1.52. The molecule has 1 aromatic heterocycles. The third-order valence-electron chi connectivity index (χ3n) is 2.39. The molecular formula is C11H10BrFN4O2S. The fraction of sp³-hybridized carbons (Fsp3) is 0.0909. The van der Waals surface area contributed by atoms with Crippen molar-refractivity contribution in [2.24, 2.45) is 0 Å². The Morgan fingerprint density at radius 2 is 2.00 bits per heavy atom. The van der Waals surface area contributed by atoms with E-state index in [1.54, 1.807) is 0 Å². The molecule has 0 aliphatic carbocycles. The van der Waals surface area contributed by atoms with Gasteiger partial charge in [-0.1, -0.05) is 0 Å². The zero-order valence-corrected chi connectivity index (χ0v) is 12.7. The van der Waals surface area contributed by atoms with Gasteiger partial charge in [0.25, 0.3) is 10.0 Å². The average molecular weight is 361 g/mol. The molecule has 0 unspecified atom stereocenters. The highest BCUT2D eigenvalue weighted by atomic mass is 79.9. The zero-order chi connectivity index (χ0) is 14.9. The van der Waals surface area contributed by atoms with Crippen LogP contribution in [0.2, 0.25) is 0 Å². The zero-order valence-electron chi connectivity index (χ0n) is 10.3. The Hall–Kier alpha value is -1.74. The van der Waals surface area contributed by atoms with Crippen LogP contribution in [-0.2, 0) is 10.0 Å². The molecule has 9 heteroatoms. The maximum Gasteiger partial charge on any atom is 0.266 e. The molecule has 20 heavy (non-hydrogen) atoms. The number of nitrogens with one attached hydrogen (secondary N) is 1.